The largest absolute Gasteiger partial charge is 0.323 e. The van der Waals surface area contributed by atoms with Gasteiger partial charge in [-0.05, 0) is 24.3 Å². The molecule has 3 heterocycles. The number of aromatic amines is 1. The van der Waals surface area contributed by atoms with Crippen LogP contribution in [0, 0.1) is 0 Å². The minimum atomic E-state index is -3.44. The fourth-order valence-electron chi connectivity index (χ4n) is 3.35. The first-order chi connectivity index (χ1) is 15.4. The summed E-state index contributed by atoms with van der Waals surface area (Å²) in [7, 11) is -3.44. The molecule has 11 heteroatoms. The summed E-state index contributed by atoms with van der Waals surface area (Å²) in [6.07, 6.45) is 5.74. The Morgan fingerprint density at radius 2 is 1.72 bits per heavy atom. The molecule has 0 amide bonds. The molecule has 0 saturated carbocycles. The van der Waals surface area contributed by atoms with Crippen molar-refractivity contribution in [2.75, 3.05) is 11.6 Å². The van der Waals surface area contributed by atoms with Crippen LogP contribution in [0.1, 0.15) is 0 Å². The van der Waals surface area contributed by atoms with E-state index in [9.17, 15) is 13.2 Å². The van der Waals surface area contributed by atoms with Crippen molar-refractivity contribution < 1.29 is 8.42 Å². The summed E-state index contributed by atoms with van der Waals surface area (Å²) < 4.78 is 27.2. The number of benzene rings is 2. The number of H-pyrrole nitrogens is 1. The SMILES string of the molecule is CS(=O)(=O)c1ccccc1-n1cc(Nc2nc3c(cnn3-c3ccccc3)c(=O)[nH]2)cn1. The number of hydrogen-bond donors (Lipinski definition) is 2. The molecule has 0 fully saturated rings. The van der Waals surface area contributed by atoms with Gasteiger partial charge in [0.05, 0.1) is 40.5 Å². The third kappa shape index (κ3) is 3.54. The number of nitrogens with one attached hydrogen (secondary N) is 2. The Kier molecular flexibility index (Phi) is 4.59. The first kappa shape index (κ1) is 19.7. The van der Waals surface area contributed by atoms with Crippen LogP contribution in [0.15, 0.2) is 82.9 Å². The molecular formula is C21H17N7O3S. The number of anilines is 2. The van der Waals surface area contributed by atoms with E-state index in [0.717, 1.165) is 11.9 Å². The van der Waals surface area contributed by atoms with Crippen molar-refractivity contribution >= 4 is 32.5 Å². The highest BCUT2D eigenvalue weighted by Crippen LogP contribution is 2.22. The number of rotatable bonds is 5. The third-order valence-corrected chi connectivity index (χ3v) is 5.94. The number of aromatic nitrogens is 6. The van der Waals surface area contributed by atoms with E-state index in [1.807, 2.05) is 30.3 Å². The summed E-state index contributed by atoms with van der Waals surface area (Å²) in [6.45, 7) is 0. The molecule has 2 aromatic carbocycles. The van der Waals surface area contributed by atoms with Crippen LogP contribution in [-0.2, 0) is 9.84 Å². The Hall–Kier alpha value is -4.25. The number of nitrogens with zero attached hydrogens (tertiary/aromatic N) is 5. The van der Waals surface area contributed by atoms with Gasteiger partial charge in [0.15, 0.2) is 15.5 Å². The van der Waals surface area contributed by atoms with Gasteiger partial charge in [0.2, 0.25) is 5.95 Å². The molecule has 32 heavy (non-hydrogen) atoms. The molecule has 0 unspecified atom stereocenters. The first-order valence-corrected chi connectivity index (χ1v) is 11.4. The molecule has 0 radical (unpaired) electrons. The summed E-state index contributed by atoms with van der Waals surface area (Å²) in [5.41, 5.74) is 1.77. The Labute approximate surface area is 182 Å². The third-order valence-electron chi connectivity index (χ3n) is 4.80. The van der Waals surface area contributed by atoms with Crippen molar-refractivity contribution in [3.8, 4) is 11.4 Å². The molecule has 0 spiro atoms. The standard InChI is InChI=1S/C21H17N7O3S/c1-32(30,31)18-10-6-5-9-17(18)27-13-14(11-22-27)24-21-25-19-16(20(29)26-21)12-23-28(19)15-7-3-2-4-8-15/h2-13H,1H3,(H2,24,25,26,29). The molecule has 5 aromatic rings. The average Bonchev–Trinajstić information content (AvgIpc) is 3.41. The molecule has 3 aromatic heterocycles. The second-order valence-corrected chi connectivity index (χ2v) is 9.07. The van der Waals surface area contributed by atoms with Crippen molar-refractivity contribution in [3.05, 3.63) is 83.5 Å². The first-order valence-electron chi connectivity index (χ1n) is 9.55. The summed E-state index contributed by atoms with van der Waals surface area (Å²) >= 11 is 0. The number of fused-ring (bicyclic) bond motifs is 1. The summed E-state index contributed by atoms with van der Waals surface area (Å²) in [4.78, 5) is 19.9. The monoisotopic (exact) mass is 447 g/mol. The minimum absolute atomic E-state index is 0.161. The van der Waals surface area contributed by atoms with Gasteiger partial charge < -0.3 is 5.32 Å². The van der Waals surface area contributed by atoms with E-state index in [0.29, 0.717) is 22.4 Å². The average molecular weight is 447 g/mol. The maximum atomic E-state index is 12.5. The number of sulfone groups is 1. The van der Waals surface area contributed by atoms with E-state index >= 15 is 0 Å². The van der Waals surface area contributed by atoms with E-state index < -0.39 is 9.84 Å². The molecule has 0 aliphatic heterocycles. The zero-order valence-electron chi connectivity index (χ0n) is 16.8. The lowest BCUT2D eigenvalue weighted by molar-refractivity contribution is 0.600. The molecular weight excluding hydrogens is 430 g/mol. The highest BCUT2D eigenvalue weighted by molar-refractivity contribution is 7.90. The van der Waals surface area contributed by atoms with Crippen LogP contribution in [-0.4, -0.2) is 44.2 Å². The maximum Gasteiger partial charge on any atom is 0.263 e. The van der Waals surface area contributed by atoms with Crippen LogP contribution in [0.3, 0.4) is 0 Å². The highest BCUT2D eigenvalue weighted by Gasteiger charge is 2.16. The quantitative estimate of drug-likeness (QED) is 0.423. The lowest BCUT2D eigenvalue weighted by Crippen LogP contribution is -2.11. The van der Waals surface area contributed by atoms with Gasteiger partial charge in [0, 0.05) is 6.26 Å². The van der Waals surface area contributed by atoms with Gasteiger partial charge in [-0.25, -0.2) is 17.8 Å². The van der Waals surface area contributed by atoms with Gasteiger partial charge in [-0.3, -0.25) is 9.78 Å². The van der Waals surface area contributed by atoms with Gasteiger partial charge in [-0.2, -0.15) is 15.2 Å². The summed E-state index contributed by atoms with van der Waals surface area (Å²) in [5.74, 6) is 0.205. The number of para-hydroxylation sites is 2. The van der Waals surface area contributed by atoms with Crippen molar-refractivity contribution in [2.24, 2.45) is 0 Å². The van der Waals surface area contributed by atoms with E-state index in [1.54, 1.807) is 29.1 Å². The molecule has 0 saturated heterocycles. The van der Waals surface area contributed by atoms with Crippen LogP contribution < -0.4 is 10.9 Å². The number of hydrogen-bond acceptors (Lipinski definition) is 7. The van der Waals surface area contributed by atoms with Crippen LogP contribution in [0.4, 0.5) is 11.6 Å². The van der Waals surface area contributed by atoms with Gasteiger partial charge in [0.25, 0.3) is 5.56 Å². The van der Waals surface area contributed by atoms with Crippen LogP contribution >= 0.6 is 0 Å². The van der Waals surface area contributed by atoms with Crippen LogP contribution in [0.2, 0.25) is 0 Å². The highest BCUT2D eigenvalue weighted by atomic mass is 32.2. The normalized spacial score (nSPS) is 11.7. The van der Waals surface area contributed by atoms with Crippen LogP contribution in [0.25, 0.3) is 22.4 Å². The van der Waals surface area contributed by atoms with E-state index in [4.69, 9.17) is 0 Å². The molecule has 10 nitrogen and oxygen atoms in total. The second-order valence-electron chi connectivity index (χ2n) is 7.08. The second kappa shape index (κ2) is 7.46. The van der Waals surface area contributed by atoms with Gasteiger partial charge in [-0.1, -0.05) is 30.3 Å². The van der Waals surface area contributed by atoms with Gasteiger partial charge >= 0.3 is 0 Å². The molecule has 5 rings (SSSR count). The van der Waals surface area contributed by atoms with Crippen molar-refractivity contribution in [2.45, 2.75) is 4.90 Å². The van der Waals surface area contributed by atoms with Gasteiger partial charge in [0.1, 0.15) is 5.39 Å². The minimum Gasteiger partial charge on any atom is -0.323 e. The fraction of sp³-hybridized carbons (Fsp3) is 0.0476. The fourth-order valence-corrected chi connectivity index (χ4v) is 4.22. The Bertz CT molecular complexity index is 1600. The van der Waals surface area contributed by atoms with E-state index in [2.05, 4.69) is 25.5 Å². The zero-order chi connectivity index (χ0) is 22.3. The van der Waals surface area contributed by atoms with Crippen LogP contribution in [0.5, 0.6) is 0 Å². The predicted octanol–water partition coefficient (Wildman–Crippen LogP) is 2.44. The van der Waals surface area contributed by atoms with Crippen molar-refractivity contribution in [1.82, 2.24) is 29.5 Å². The Balaban J connectivity index is 1.52. The smallest absolute Gasteiger partial charge is 0.263 e. The maximum absolute atomic E-state index is 12.5. The van der Waals surface area contributed by atoms with E-state index in [1.165, 1.54) is 23.1 Å². The molecule has 0 bridgehead atoms. The zero-order valence-corrected chi connectivity index (χ0v) is 17.6. The lowest BCUT2D eigenvalue weighted by atomic mass is 10.3. The van der Waals surface area contributed by atoms with Crippen molar-refractivity contribution in [1.29, 1.82) is 0 Å². The molecule has 0 atom stereocenters. The molecule has 0 aliphatic rings. The molecule has 0 aliphatic carbocycles. The van der Waals surface area contributed by atoms with E-state index in [-0.39, 0.29) is 16.4 Å². The summed E-state index contributed by atoms with van der Waals surface area (Å²) in [5, 5.41) is 11.9. The topological polar surface area (TPSA) is 128 Å². The molecule has 2 N–H and O–H groups in total. The van der Waals surface area contributed by atoms with Crippen molar-refractivity contribution in [3.63, 3.8) is 0 Å². The lowest BCUT2D eigenvalue weighted by Gasteiger charge is -2.07. The Morgan fingerprint density at radius 1 is 0.969 bits per heavy atom. The van der Waals surface area contributed by atoms with Gasteiger partial charge in [-0.15, -0.1) is 0 Å². The Morgan fingerprint density at radius 3 is 2.50 bits per heavy atom. The predicted molar refractivity (Wildman–Crippen MR) is 119 cm³/mol. The summed E-state index contributed by atoms with van der Waals surface area (Å²) in [6, 6.07) is 15.9. The molecule has 160 valence electrons.